The van der Waals surface area contributed by atoms with Crippen molar-refractivity contribution in [2.45, 2.75) is 50.0 Å². The summed E-state index contributed by atoms with van der Waals surface area (Å²) in [6.07, 6.45) is 8.39. The van der Waals surface area contributed by atoms with Gasteiger partial charge in [-0.2, -0.15) is 0 Å². The van der Waals surface area contributed by atoms with E-state index in [2.05, 4.69) is 37.4 Å². The molecule has 0 aliphatic carbocycles. The van der Waals surface area contributed by atoms with Gasteiger partial charge in [-0.15, -0.1) is 11.8 Å². The zero-order valence-corrected chi connectivity index (χ0v) is 11.2. The smallest absolute Gasteiger partial charge is 0.0294 e. The van der Waals surface area contributed by atoms with Gasteiger partial charge in [0.25, 0.3) is 0 Å². The van der Waals surface area contributed by atoms with E-state index in [1.54, 1.807) is 11.8 Å². The standard InChI is InChI=1S/C14H23NS/c1-3-4-5-6-7-14(15)12-8-10-13(16-2)11-9-12/h8-11,14H,3-7,15H2,1-2H3. The summed E-state index contributed by atoms with van der Waals surface area (Å²) >= 11 is 1.77. The third kappa shape index (κ3) is 4.58. The molecule has 90 valence electrons. The Bertz CT molecular complexity index is 281. The normalized spacial score (nSPS) is 12.7. The molecule has 0 saturated carbocycles. The second-order valence-electron chi connectivity index (χ2n) is 4.23. The quantitative estimate of drug-likeness (QED) is 0.562. The summed E-state index contributed by atoms with van der Waals surface area (Å²) in [6.45, 7) is 2.24. The number of nitrogens with two attached hydrogens (primary N) is 1. The first-order valence-electron chi connectivity index (χ1n) is 6.17. The minimum absolute atomic E-state index is 0.216. The molecule has 0 fully saturated rings. The Morgan fingerprint density at radius 1 is 1.12 bits per heavy atom. The minimum atomic E-state index is 0.216. The molecular formula is C14H23NS. The molecule has 1 unspecified atom stereocenters. The Morgan fingerprint density at radius 3 is 2.38 bits per heavy atom. The lowest BCUT2D eigenvalue weighted by Gasteiger charge is -2.12. The van der Waals surface area contributed by atoms with Gasteiger partial charge in [-0.1, -0.05) is 44.7 Å². The number of unbranched alkanes of at least 4 members (excludes halogenated alkanes) is 3. The highest BCUT2D eigenvalue weighted by atomic mass is 32.2. The topological polar surface area (TPSA) is 26.0 Å². The van der Waals surface area contributed by atoms with E-state index in [1.165, 1.54) is 36.1 Å². The maximum atomic E-state index is 6.16. The van der Waals surface area contributed by atoms with Crippen molar-refractivity contribution in [2.24, 2.45) is 5.73 Å². The van der Waals surface area contributed by atoms with Gasteiger partial charge in [0.1, 0.15) is 0 Å². The maximum Gasteiger partial charge on any atom is 0.0294 e. The van der Waals surface area contributed by atoms with Gasteiger partial charge >= 0.3 is 0 Å². The van der Waals surface area contributed by atoms with E-state index < -0.39 is 0 Å². The lowest BCUT2D eigenvalue weighted by Crippen LogP contribution is -2.09. The highest BCUT2D eigenvalue weighted by Crippen LogP contribution is 2.21. The molecule has 0 bridgehead atoms. The molecule has 0 heterocycles. The summed E-state index contributed by atoms with van der Waals surface area (Å²) in [5, 5.41) is 0. The first kappa shape index (κ1) is 13.6. The molecule has 1 aromatic rings. The van der Waals surface area contributed by atoms with Crippen molar-refractivity contribution in [3.8, 4) is 0 Å². The molecule has 2 heteroatoms. The van der Waals surface area contributed by atoms with Crippen molar-refractivity contribution < 1.29 is 0 Å². The molecule has 0 saturated heterocycles. The molecule has 0 radical (unpaired) electrons. The first-order chi connectivity index (χ1) is 7.77. The van der Waals surface area contributed by atoms with E-state index in [0.29, 0.717) is 0 Å². The van der Waals surface area contributed by atoms with Crippen molar-refractivity contribution in [3.05, 3.63) is 29.8 Å². The SMILES string of the molecule is CCCCCCC(N)c1ccc(SC)cc1. The third-order valence-corrected chi connectivity index (χ3v) is 3.66. The minimum Gasteiger partial charge on any atom is -0.324 e. The highest BCUT2D eigenvalue weighted by molar-refractivity contribution is 7.98. The van der Waals surface area contributed by atoms with Crippen LogP contribution < -0.4 is 5.73 Å². The van der Waals surface area contributed by atoms with Gasteiger partial charge < -0.3 is 5.73 Å². The van der Waals surface area contributed by atoms with E-state index in [4.69, 9.17) is 5.73 Å². The van der Waals surface area contributed by atoms with E-state index in [9.17, 15) is 0 Å². The van der Waals surface area contributed by atoms with Crippen molar-refractivity contribution >= 4 is 11.8 Å². The van der Waals surface area contributed by atoms with Crippen molar-refractivity contribution in [1.29, 1.82) is 0 Å². The van der Waals surface area contributed by atoms with Gasteiger partial charge in [0, 0.05) is 10.9 Å². The molecule has 0 amide bonds. The third-order valence-electron chi connectivity index (χ3n) is 2.91. The van der Waals surface area contributed by atoms with E-state index in [1.807, 2.05) is 0 Å². The Hall–Kier alpha value is -0.470. The number of hydrogen-bond donors (Lipinski definition) is 1. The summed E-state index contributed by atoms with van der Waals surface area (Å²) in [5.41, 5.74) is 7.43. The molecule has 1 nitrogen and oxygen atoms in total. The second-order valence-corrected chi connectivity index (χ2v) is 5.11. The summed E-state index contributed by atoms with van der Waals surface area (Å²) in [5.74, 6) is 0. The molecule has 1 aromatic carbocycles. The van der Waals surface area contributed by atoms with Gasteiger partial charge in [0.05, 0.1) is 0 Å². The molecule has 16 heavy (non-hydrogen) atoms. The number of benzene rings is 1. The Labute approximate surface area is 104 Å². The van der Waals surface area contributed by atoms with Gasteiger partial charge in [-0.05, 0) is 30.4 Å². The van der Waals surface area contributed by atoms with Crippen molar-refractivity contribution in [1.82, 2.24) is 0 Å². The second kappa shape index (κ2) is 7.75. The predicted molar refractivity (Wildman–Crippen MR) is 73.9 cm³/mol. The maximum absolute atomic E-state index is 6.16. The largest absolute Gasteiger partial charge is 0.324 e. The molecule has 2 N–H and O–H groups in total. The molecule has 0 aromatic heterocycles. The van der Waals surface area contributed by atoms with Crippen LogP contribution in [0.1, 0.15) is 50.6 Å². The van der Waals surface area contributed by atoms with Crippen LogP contribution in [0.15, 0.2) is 29.2 Å². The van der Waals surface area contributed by atoms with Crippen LogP contribution in [0, 0.1) is 0 Å². The number of hydrogen-bond acceptors (Lipinski definition) is 2. The van der Waals surface area contributed by atoms with Gasteiger partial charge in [-0.25, -0.2) is 0 Å². The zero-order chi connectivity index (χ0) is 11.8. The Balaban J connectivity index is 2.37. The average molecular weight is 237 g/mol. The molecule has 0 aliphatic heterocycles. The summed E-state index contributed by atoms with van der Waals surface area (Å²) in [4.78, 5) is 1.31. The summed E-state index contributed by atoms with van der Waals surface area (Å²) < 4.78 is 0. The molecule has 1 atom stereocenters. The van der Waals surface area contributed by atoms with Crippen LogP contribution in [0.2, 0.25) is 0 Å². The number of rotatable bonds is 7. The predicted octanol–water partition coefficient (Wildman–Crippen LogP) is 4.38. The molecule has 0 spiro atoms. The van der Waals surface area contributed by atoms with Crippen LogP contribution in [0.5, 0.6) is 0 Å². The summed E-state index contributed by atoms with van der Waals surface area (Å²) in [6, 6.07) is 8.86. The molecule has 1 rings (SSSR count). The molecular weight excluding hydrogens is 214 g/mol. The lowest BCUT2D eigenvalue weighted by molar-refractivity contribution is 0.566. The van der Waals surface area contributed by atoms with E-state index in [0.717, 1.165) is 6.42 Å². The van der Waals surface area contributed by atoms with Crippen LogP contribution in [-0.4, -0.2) is 6.26 Å². The van der Waals surface area contributed by atoms with Gasteiger partial charge in [0.15, 0.2) is 0 Å². The van der Waals surface area contributed by atoms with E-state index >= 15 is 0 Å². The first-order valence-corrected chi connectivity index (χ1v) is 7.40. The van der Waals surface area contributed by atoms with Crippen LogP contribution in [0.4, 0.5) is 0 Å². The van der Waals surface area contributed by atoms with Crippen LogP contribution in [-0.2, 0) is 0 Å². The summed E-state index contributed by atoms with van der Waals surface area (Å²) in [7, 11) is 0. The Kier molecular flexibility index (Phi) is 6.58. The fourth-order valence-electron chi connectivity index (χ4n) is 1.81. The lowest BCUT2D eigenvalue weighted by atomic mass is 10.0. The van der Waals surface area contributed by atoms with Gasteiger partial charge in [-0.3, -0.25) is 0 Å². The fraction of sp³-hybridized carbons (Fsp3) is 0.571. The zero-order valence-electron chi connectivity index (χ0n) is 10.4. The van der Waals surface area contributed by atoms with Crippen LogP contribution in [0.3, 0.4) is 0 Å². The van der Waals surface area contributed by atoms with Gasteiger partial charge in [0.2, 0.25) is 0 Å². The highest BCUT2D eigenvalue weighted by Gasteiger charge is 2.05. The fourth-order valence-corrected chi connectivity index (χ4v) is 2.22. The Morgan fingerprint density at radius 2 is 1.81 bits per heavy atom. The molecule has 0 aliphatic rings. The van der Waals surface area contributed by atoms with Crippen LogP contribution in [0.25, 0.3) is 0 Å². The van der Waals surface area contributed by atoms with Crippen molar-refractivity contribution in [3.63, 3.8) is 0 Å². The monoisotopic (exact) mass is 237 g/mol. The average Bonchev–Trinajstić information content (AvgIpc) is 2.34. The van der Waals surface area contributed by atoms with Crippen LogP contribution >= 0.6 is 11.8 Å². The number of thioether (sulfide) groups is 1. The van der Waals surface area contributed by atoms with Crippen molar-refractivity contribution in [2.75, 3.05) is 6.26 Å². The van der Waals surface area contributed by atoms with E-state index in [-0.39, 0.29) is 6.04 Å².